The second kappa shape index (κ2) is 10.3. The first-order chi connectivity index (χ1) is 15.9. The fourth-order valence-corrected chi connectivity index (χ4v) is 4.63. The van der Waals surface area contributed by atoms with Crippen molar-refractivity contribution in [2.24, 2.45) is 5.92 Å². The molecule has 1 aliphatic carbocycles. The first-order valence-electron chi connectivity index (χ1n) is 11.7. The van der Waals surface area contributed by atoms with Crippen LogP contribution in [0.4, 0.5) is 27.5 Å². The van der Waals surface area contributed by atoms with Crippen LogP contribution < -0.4 is 15.5 Å². The van der Waals surface area contributed by atoms with Crippen LogP contribution in [-0.4, -0.2) is 66.7 Å². The molecule has 33 heavy (non-hydrogen) atoms. The van der Waals surface area contributed by atoms with Gasteiger partial charge in [-0.05, 0) is 57.5 Å². The van der Waals surface area contributed by atoms with Crippen LogP contribution in [0.25, 0.3) is 0 Å². The Kier molecular flexibility index (Phi) is 7.27. The fourth-order valence-electron chi connectivity index (χ4n) is 4.63. The smallest absolute Gasteiger partial charge is 0.311 e. The van der Waals surface area contributed by atoms with Gasteiger partial charge in [0.05, 0.1) is 18.7 Å². The van der Waals surface area contributed by atoms with E-state index >= 15 is 0 Å². The minimum atomic E-state index is -0.545. The quantitative estimate of drug-likeness (QED) is 0.612. The number of aromatic nitrogens is 2. The zero-order valence-electron chi connectivity index (χ0n) is 19.6. The summed E-state index contributed by atoms with van der Waals surface area (Å²) in [6.07, 6.45) is 3.53. The van der Waals surface area contributed by atoms with E-state index in [2.05, 4.69) is 56.5 Å². The normalized spacial score (nSPS) is 21.2. The van der Waals surface area contributed by atoms with Gasteiger partial charge < -0.3 is 25.2 Å². The van der Waals surface area contributed by atoms with Crippen LogP contribution in [0.1, 0.15) is 31.7 Å². The number of nitrogens with zero attached hydrogens (tertiary/aromatic N) is 4. The molecule has 1 aromatic heterocycles. The third kappa shape index (κ3) is 5.52. The highest BCUT2D eigenvalue weighted by Crippen LogP contribution is 2.31. The van der Waals surface area contributed by atoms with Crippen molar-refractivity contribution in [3.63, 3.8) is 0 Å². The third-order valence-corrected chi connectivity index (χ3v) is 6.47. The van der Waals surface area contributed by atoms with Crippen molar-refractivity contribution in [2.45, 2.75) is 39.2 Å². The van der Waals surface area contributed by atoms with Crippen LogP contribution in [0.3, 0.4) is 0 Å². The van der Waals surface area contributed by atoms with E-state index in [-0.39, 0.29) is 23.7 Å². The fraction of sp³-hybridized carbons (Fsp3) is 0.542. The Bertz CT molecular complexity index is 979. The number of esters is 1. The zero-order chi connectivity index (χ0) is 23.4. The molecule has 1 aliphatic heterocycles. The lowest BCUT2D eigenvalue weighted by Gasteiger charge is -2.35. The Hall–Kier alpha value is -2.94. The number of hydrogen-bond acceptors (Lipinski definition) is 8. The summed E-state index contributed by atoms with van der Waals surface area (Å²) in [6.45, 7) is 8.34. The molecule has 9 heteroatoms. The maximum Gasteiger partial charge on any atom is 0.311 e. The standard InChI is InChI=1S/C24H33FN6O2/c1-4-33-23(32)18-6-5-7-20(18)28-22-19(25)15-26-24(29-22)27-17-8-9-21(16(2)14-17)31-12-10-30(3)11-13-31/h8-9,14-15,18,20H,4-7,10-13H2,1-3H3,(H2,26,27,28,29). The van der Waals surface area contributed by atoms with Crippen molar-refractivity contribution in [1.82, 2.24) is 14.9 Å². The molecule has 178 valence electrons. The van der Waals surface area contributed by atoms with Gasteiger partial charge in [0.25, 0.3) is 0 Å². The van der Waals surface area contributed by atoms with Gasteiger partial charge in [0.15, 0.2) is 11.6 Å². The number of piperazine rings is 1. The van der Waals surface area contributed by atoms with E-state index in [0.29, 0.717) is 12.6 Å². The lowest BCUT2D eigenvalue weighted by molar-refractivity contribution is -0.148. The van der Waals surface area contributed by atoms with E-state index in [0.717, 1.165) is 62.9 Å². The largest absolute Gasteiger partial charge is 0.466 e. The van der Waals surface area contributed by atoms with Gasteiger partial charge in [-0.15, -0.1) is 0 Å². The second-order valence-electron chi connectivity index (χ2n) is 8.85. The first kappa shape index (κ1) is 23.2. The average Bonchev–Trinajstić information content (AvgIpc) is 3.25. The van der Waals surface area contributed by atoms with Crippen molar-refractivity contribution in [1.29, 1.82) is 0 Å². The molecule has 1 saturated carbocycles. The topological polar surface area (TPSA) is 82.6 Å². The first-order valence-corrected chi connectivity index (χ1v) is 11.7. The van der Waals surface area contributed by atoms with Crippen molar-refractivity contribution in [3.8, 4) is 0 Å². The van der Waals surface area contributed by atoms with Crippen LogP contribution in [0.5, 0.6) is 0 Å². The lowest BCUT2D eigenvalue weighted by Crippen LogP contribution is -2.44. The molecule has 2 fully saturated rings. The molecule has 1 saturated heterocycles. The van der Waals surface area contributed by atoms with Crippen LogP contribution in [0, 0.1) is 18.7 Å². The number of hydrogen-bond donors (Lipinski definition) is 2. The summed E-state index contributed by atoms with van der Waals surface area (Å²) in [5.41, 5.74) is 3.23. The van der Waals surface area contributed by atoms with Crippen LogP contribution in [0.2, 0.25) is 0 Å². The number of likely N-dealkylation sites (N-methyl/N-ethyl adjacent to an activating group) is 1. The maximum absolute atomic E-state index is 14.4. The van der Waals surface area contributed by atoms with Gasteiger partial charge in [-0.3, -0.25) is 4.79 Å². The monoisotopic (exact) mass is 456 g/mol. The predicted molar refractivity (Wildman–Crippen MR) is 128 cm³/mol. The van der Waals surface area contributed by atoms with Gasteiger partial charge in [0, 0.05) is 43.6 Å². The number of carbonyl (C=O) groups excluding carboxylic acids is 1. The van der Waals surface area contributed by atoms with Gasteiger partial charge in [-0.2, -0.15) is 4.98 Å². The van der Waals surface area contributed by atoms with Gasteiger partial charge in [0.2, 0.25) is 5.95 Å². The van der Waals surface area contributed by atoms with Crippen molar-refractivity contribution in [2.75, 3.05) is 55.4 Å². The van der Waals surface area contributed by atoms with E-state index in [1.54, 1.807) is 6.92 Å². The van der Waals surface area contributed by atoms with E-state index in [9.17, 15) is 9.18 Å². The molecule has 2 atom stereocenters. The Morgan fingerprint density at radius 2 is 2.03 bits per heavy atom. The predicted octanol–water partition coefficient (Wildman–Crippen LogP) is 3.56. The summed E-state index contributed by atoms with van der Waals surface area (Å²) in [7, 11) is 2.15. The molecule has 2 unspecified atom stereocenters. The van der Waals surface area contributed by atoms with Gasteiger partial charge in [-0.25, -0.2) is 9.37 Å². The number of rotatable bonds is 7. The van der Waals surface area contributed by atoms with Gasteiger partial charge in [-0.1, -0.05) is 6.42 Å². The summed E-state index contributed by atoms with van der Waals surface area (Å²) >= 11 is 0. The molecule has 2 aromatic rings. The second-order valence-corrected chi connectivity index (χ2v) is 8.85. The Labute approximate surface area is 194 Å². The molecule has 2 heterocycles. The lowest BCUT2D eigenvalue weighted by atomic mass is 10.0. The van der Waals surface area contributed by atoms with E-state index < -0.39 is 5.82 Å². The van der Waals surface area contributed by atoms with E-state index in [1.165, 1.54) is 5.69 Å². The van der Waals surface area contributed by atoms with Crippen LogP contribution in [-0.2, 0) is 9.53 Å². The summed E-state index contributed by atoms with van der Waals surface area (Å²) < 4.78 is 19.6. The zero-order valence-corrected chi connectivity index (χ0v) is 19.6. The Morgan fingerprint density at radius 3 is 2.76 bits per heavy atom. The molecule has 0 radical (unpaired) electrons. The molecule has 2 aliphatic rings. The molecule has 0 bridgehead atoms. The van der Waals surface area contributed by atoms with Crippen molar-refractivity contribution in [3.05, 3.63) is 35.8 Å². The van der Waals surface area contributed by atoms with Gasteiger partial charge in [0.1, 0.15) is 0 Å². The minimum absolute atomic E-state index is 0.0967. The Balaban J connectivity index is 1.44. The summed E-state index contributed by atoms with van der Waals surface area (Å²) in [4.78, 5) is 25.4. The summed E-state index contributed by atoms with van der Waals surface area (Å²) in [5.74, 6) is -0.677. The molecule has 2 N–H and O–H groups in total. The highest BCUT2D eigenvalue weighted by Gasteiger charge is 2.34. The number of nitrogens with one attached hydrogen (secondary N) is 2. The number of benzene rings is 1. The molecule has 1 aromatic carbocycles. The maximum atomic E-state index is 14.4. The van der Waals surface area contributed by atoms with Crippen LogP contribution in [0.15, 0.2) is 24.4 Å². The van der Waals surface area contributed by atoms with Crippen LogP contribution >= 0.6 is 0 Å². The highest BCUT2D eigenvalue weighted by atomic mass is 19.1. The van der Waals surface area contributed by atoms with E-state index in [1.807, 2.05) is 6.07 Å². The molecule has 0 amide bonds. The average molecular weight is 457 g/mol. The SMILES string of the molecule is CCOC(=O)C1CCCC1Nc1nc(Nc2ccc(N3CCN(C)CC3)c(C)c2)ncc1F. The molecule has 0 spiro atoms. The number of ether oxygens (including phenoxy) is 1. The molecule has 4 rings (SSSR count). The molecule has 8 nitrogen and oxygen atoms in total. The number of anilines is 4. The number of carbonyl (C=O) groups is 1. The Morgan fingerprint density at radius 1 is 1.24 bits per heavy atom. The summed E-state index contributed by atoms with van der Waals surface area (Å²) in [6, 6.07) is 5.95. The molecular formula is C24H33FN6O2. The van der Waals surface area contributed by atoms with E-state index in [4.69, 9.17) is 4.74 Å². The minimum Gasteiger partial charge on any atom is -0.466 e. The third-order valence-electron chi connectivity index (χ3n) is 6.47. The van der Waals surface area contributed by atoms with Gasteiger partial charge >= 0.3 is 5.97 Å². The summed E-state index contributed by atoms with van der Waals surface area (Å²) in [5, 5.41) is 6.30. The van der Waals surface area contributed by atoms with Crippen molar-refractivity contribution < 1.29 is 13.9 Å². The number of aryl methyl sites for hydroxylation is 1. The van der Waals surface area contributed by atoms with Crippen molar-refractivity contribution >= 4 is 29.1 Å². The number of halogens is 1. The molecular weight excluding hydrogens is 423 g/mol. The highest BCUT2D eigenvalue weighted by molar-refractivity contribution is 5.74.